The molecule has 3 nitrogen and oxygen atoms in total. The van der Waals surface area contributed by atoms with Crippen LogP contribution in [0.5, 0.6) is 0 Å². The van der Waals surface area contributed by atoms with E-state index in [0.717, 1.165) is 43.6 Å². The molecule has 1 heterocycles. The molecule has 32 heavy (non-hydrogen) atoms. The molecule has 184 valence electrons. The maximum absolute atomic E-state index is 10.4. The first kappa shape index (κ1) is 27.2. The van der Waals surface area contributed by atoms with Gasteiger partial charge >= 0.3 is 0 Å². The minimum absolute atomic E-state index is 0.0791. The van der Waals surface area contributed by atoms with E-state index in [2.05, 4.69) is 41.2 Å². The number of aliphatic hydroxyl groups is 2. The molecule has 1 aliphatic heterocycles. The van der Waals surface area contributed by atoms with Crippen LogP contribution in [-0.4, -0.2) is 27.5 Å². The molecular formula is C29H50O3. The summed E-state index contributed by atoms with van der Waals surface area (Å²) in [6.45, 7) is 16.8. The maximum Gasteiger partial charge on any atom is 0.111 e. The summed E-state index contributed by atoms with van der Waals surface area (Å²) in [7, 11) is 0. The molecule has 0 radical (unpaired) electrons. The Kier molecular flexibility index (Phi) is 10.1. The molecule has 5 atom stereocenters. The number of aliphatic hydroxyl groups excluding tert-OH is 2. The van der Waals surface area contributed by atoms with Gasteiger partial charge in [-0.25, -0.2) is 0 Å². The second-order valence-corrected chi connectivity index (χ2v) is 11.1. The topological polar surface area (TPSA) is 49.7 Å². The third-order valence-corrected chi connectivity index (χ3v) is 8.42. The predicted octanol–water partition coefficient (Wildman–Crippen LogP) is 8.20. The van der Waals surface area contributed by atoms with Crippen molar-refractivity contribution in [2.45, 2.75) is 136 Å². The lowest BCUT2D eigenvalue weighted by Crippen LogP contribution is -2.51. The van der Waals surface area contributed by atoms with Gasteiger partial charge in [-0.3, -0.25) is 0 Å². The molecule has 0 spiro atoms. The van der Waals surface area contributed by atoms with Crippen molar-refractivity contribution in [2.24, 2.45) is 11.8 Å². The van der Waals surface area contributed by atoms with Crippen LogP contribution in [0.3, 0.4) is 0 Å². The van der Waals surface area contributed by atoms with E-state index in [1.165, 1.54) is 56.1 Å². The van der Waals surface area contributed by atoms with Crippen LogP contribution in [0.15, 0.2) is 35.1 Å². The Balaban J connectivity index is 1.74. The normalized spacial score (nSPS) is 30.0. The predicted molar refractivity (Wildman–Crippen MR) is 136 cm³/mol. The maximum atomic E-state index is 10.4. The zero-order valence-corrected chi connectivity index (χ0v) is 21.8. The molecule has 1 fully saturated rings. The number of allylic oxidation sites excluding steroid dienone is 1. The molecule has 0 aromatic carbocycles. The lowest BCUT2D eigenvalue weighted by Gasteiger charge is -2.51. The SMILES string of the molecule is C=C(O)C(C)CCCCCCC(C)CCCC1(C)CCC2=CC(O)C(C)=C(C)C2(CC)O1. The summed E-state index contributed by atoms with van der Waals surface area (Å²) in [6, 6.07) is 0. The van der Waals surface area contributed by atoms with Crippen LogP contribution < -0.4 is 0 Å². The quantitative estimate of drug-likeness (QED) is 0.170. The molecule has 0 aromatic rings. The first-order valence-corrected chi connectivity index (χ1v) is 13.2. The van der Waals surface area contributed by atoms with Gasteiger partial charge in [-0.2, -0.15) is 0 Å². The van der Waals surface area contributed by atoms with Gasteiger partial charge in [0.15, 0.2) is 0 Å². The van der Waals surface area contributed by atoms with Gasteiger partial charge in [0.25, 0.3) is 0 Å². The molecule has 0 saturated carbocycles. The van der Waals surface area contributed by atoms with E-state index in [4.69, 9.17) is 4.74 Å². The molecule has 0 bridgehead atoms. The molecule has 2 N–H and O–H groups in total. The molecule has 0 amide bonds. The second kappa shape index (κ2) is 11.9. The van der Waals surface area contributed by atoms with Crippen molar-refractivity contribution in [1.29, 1.82) is 0 Å². The van der Waals surface area contributed by atoms with Crippen molar-refractivity contribution in [3.05, 3.63) is 35.1 Å². The van der Waals surface area contributed by atoms with Gasteiger partial charge in [0.2, 0.25) is 0 Å². The van der Waals surface area contributed by atoms with E-state index >= 15 is 0 Å². The Hall–Kier alpha value is -1.06. The third-order valence-electron chi connectivity index (χ3n) is 8.42. The number of fused-ring (bicyclic) bond motifs is 1. The van der Waals surface area contributed by atoms with Crippen LogP contribution >= 0.6 is 0 Å². The highest BCUT2D eigenvalue weighted by molar-refractivity contribution is 5.44. The highest BCUT2D eigenvalue weighted by Crippen LogP contribution is 2.50. The zero-order chi connectivity index (χ0) is 23.9. The standard InChI is InChI=1S/C29H50O3/c1-8-29-24(5)23(4)27(31)20-26(29)17-19-28(7,32-29)18-13-15-21(2)14-11-9-10-12-16-22(3)25(6)30/h20-22,27,30-31H,6,8-19H2,1-5,7H3. The van der Waals surface area contributed by atoms with E-state index in [0.29, 0.717) is 5.76 Å². The minimum Gasteiger partial charge on any atom is -0.513 e. The molecule has 5 unspecified atom stereocenters. The van der Waals surface area contributed by atoms with Crippen LogP contribution in [0.4, 0.5) is 0 Å². The fourth-order valence-corrected chi connectivity index (χ4v) is 5.70. The lowest BCUT2D eigenvalue weighted by molar-refractivity contribution is -0.144. The molecule has 0 aromatic heterocycles. The van der Waals surface area contributed by atoms with Gasteiger partial charge in [-0.05, 0) is 81.6 Å². The zero-order valence-electron chi connectivity index (χ0n) is 21.8. The molecule has 1 saturated heterocycles. The van der Waals surface area contributed by atoms with Crippen LogP contribution in [0.2, 0.25) is 0 Å². The van der Waals surface area contributed by atoms with E-state index < -0.39 is 6.10 Å². The Bertz CT molecular complexity index is 691. The first-order chi connectivity index (χ1) is 15.0. The summed E-state index contributed by atoms with van der Waals surface area (Å²) >= 11 is 0. The lowest BCUT2D eigenvalue weighted by atomic mass is 9.70. The molecule has 2 aliphatic rings. The van der Waals surface area contributed by atoms with Crippen molar-refractivity contribution in [3.8, 4) is 0 Å². The van der Waals surface area contributed by atoms with Gasteiger partial charge in [0.1, 0.15) is 5.60 Å². The Morgan fingerprint density at radius 3 is 2.38 bits per heavy atom. The van der Waals surface area contributed by atoms with Gasteiger partial charge in [0, 0.05) is 5.92 Å². The number of rotatable bonds is 13. The second-order valence-electron chi connectivity index (χ2n) is 11.1. The highest BCUT2D eigenvalue weighted by Gasteiger charge is 2.48. The average Bonchev–Trinajstić information content (AvgIpc) is 2.75. The van der Waals surface area contributed by atoms with E-state index in [9.17, 15) is 10.2 Å². The van der Waals surface area contributed by atoms with Gasteiger partial charge in [-0.1, -0.05) is 72.3 Å². The van der Waals surface area contributed by atoms with E-state index in [1.54, 1.807) is 0 Å². The molecule has 1 aliphatic carbocycles. The number of hydrogen-bond donors (Lipinski definition) is 2. The van der Waals surface area contributed by atoms with Crippen molar-refractivity contribution in [2.75, 3.05) is 0 Å². The number of unbranched alkanes of at least 4 members (excludes halogenated alkanes) is 3. The summed E-state index contributed by atoms with van der Waals surface area (Å²) in [5.41, 5.74) is 3.19. The summed E-state index contributed by atoms with van der Waals surface area (Å²) in [4.78, 5) is 0. The van der Waals surface area contributed by atoms with Crippen LogP contribution in [-0.2, 0) is 4.74 Å². The fraction of sp³-hybridized carbons (Fsp3) is 0.793. The summed E-state index contributed by atoms with van der Waals surface area (Å²) < 4.78 is 6.93. The molecule has 2 rings (SSSR count). The Morgan fingerprint density at radius 2 is 1.75 bits per heavy atom. The Morgan fingerprint density at radius 1 is 1.12 bits per heavy atom. The minimum atomic E-state index is -0.448. The van der Waals surface area contributed by atoms with Crippen molar-refractivity contribution >= 4 is 0 Å². The van der Waals surface area contributed by atoms with Crippen LogP contribution in [0.1, 0.15) is 119 Å². The average molecular weight is 447 g/mol. The molecule has 3 heteroatoms. The highest BCUT2D eigenvalue weighted by atomic mass is 16.5. The Labute approximate surface area is 198 Å². The van der Waals surface area contributed by atoms with Gasteiger partial charge in [0.05, 0.1) is 17.5 Å². The van der Waals surface area contributed by atoms with Crippen molar-refractivity contribution < 1.29 is 14.9 Å². The van der Waals surface area contributed by atoms with Crippen molar-refractivity contribution in [1.82, 2.24) is 0 Å². The monoisotopic (exact) mass is 446 g/mol. The fourth-order valence-electron chi connectivity index (χ4n) is 5.70. The number of hydrogen-bond acceptors (Lipinski definition) is 3. The third kappa shape index (κ3) is 6.73. The van der Waals surface area contributed by atoms with Crippen LogP contribution in [0.25, 0.3) is 0 Å². The summed E-state index contributed by atoms with van der Waals surface area (Å²) in [5, 5.41) is 19.8. The summed E-state index contributed by atoms with van der Waals surface area (Å²) in [6.07, 6.45) is 15.6. The van der Waals surface area contributed by atoms with Gasteiger partial charge in [-0.15, -0.1) is 0 Å². The number of ether oxygens (including phenoxy) is 1. The first-order valence-electron chi connectivity index (χ1n) is 13.2. The summed E-state index contributed by atoms with van der Waals surface area (Å²) in [5.74, 6) is 1.33. The largest absolute Gasteiger partial charge is 0.513 e. The molecular weight excluding hydrogens is 396 g/mol. The van der Waals surface area contributed by atoms with E-state index in [-0.39, 0.29) is 17.1 Å². The van der Waals surface area contributed by atoms with Crippen molar-refractivity contribution in [3.63, 3.8) is 0 Å². The smallest absolute Gasteiger partial charge is 0.111 e. The van der Waals surface area contributed by atoms with Crippen LogP contribution in [0, 0.1) is 11.8 Å². The van der Waals surface area contributed by atoms with Gasteiger partial charge < -0.3 is 14.9 Å². The van der Waals surface area contributed by atoms with E-state index in [1.807, 2.05) is 13.0 Å².